The van der Waals surface area contributed by atoms with E-state index in [0.717, 1.165) is 25.7 Å². The van der Waals surface area contributed by atoms with Crippen LogP contribution in [0.1, 0.15) is 39.5 Å². The normalized spacial score (nSPS) is 30.1. The highest BCUT2D eigenvalue weighted by Gasteiger charge is 2.44. The van der Waals surface area contributed by atoms with E-state index in [1.165, 1.54) is 4.90 Å². The van der Waals surface area contributed by atoms with Crippen molar-refractivity contribution in [3.05, 3.63) is 0 Å². The SMILES string of the molecule is CC(C)C1NC(C2CCCC2)N(CC(F)F)C1=O. The van der Waals surface area contributed by atoms with Crippen molar-refractivity contribution < 1.29 is 13.6 Å². The molecule has 1 aliphatic carbocycles. The molecule has 1 heterocycles. The Bertz CT molecular complexity index is 303. The summed E-state index contributed by atoms with van der Waals surface area (Å²) in [6.07, 6.45) is 1.73. The molecule has 104 valence electrons. The molecule has 1 amide bonds. The largest absolute Gasteiger partial charge is 0.320 e. The van der Waals surface area contributed by atoms with Crippen LogP contribution in [0.5, 0.6) is 0 Å². The van der Waals surface area contributed by atoms with Crippen LogP contribution in [-0.2, 0) is 4.79 Å². The predicted octanol–water partition coefficient (Wildman–Crippen LogP) is 2.22. The van der Waals surface area contributed by atoms with Gasteiger partial charge in [-0.2, -0.15) is 0 Å². The molecule has 0 aromatic carbocycles. The van der Waals surface area contributed by atoms with Gasteiger partial charge in [-0.1, -0.05) is 26.7 Å². The highest BCUT2D eigenvalue weighted by atomic mass is 19.3. The van der Waals surface area contributed by atoms with Crippen molar-refractivity contribution in [3.8, 4) is 0 Å². The van der Waals surface area contributed by atoms with Gasteiger partial charge in [0.25, 0.3) is 6.43 Å². The fraction of sp³-hybridized carbons (Fsp3) is 0.923. The summed E-state index contributed by atoms with van der Waals surface area (Å²) < 4.78 is 25.3. The van der Waals surface area contributed by atoms with E-state index in [1.807, 2.05) is 13.8 Å². The highest BCUT2D eigenvalue weighted by molar-refractivity contribution is 5.84. The molecule has 0 spiro atoms. The maximum atomic E-state index is 12.6. The molecule has 2 rings (SSSR count). The second-order valence-electron chi connectivity index (χ2n) is 5.76. The molecule has 0 radical (unpaired) electrons. The van der Waals surface area contributed by atoms with Gasteiger partial charge in [0.2, 0.25) is 5.91 Å². The zero-order valence-electron chi connectivity index (χ0n) is 11.0. The van der Waals surface area contributed by atoms with Crippen LogP contribution in [0.15, 0.2) is 0 Å². The van der Waals surface area contributed by atoms with Gasteiger partial charge in [0.15, 0.2) is 0 Å². The quantitative estimate of drug-likeness (QED) is 0.840. The number of carbonyl (C=O) groups excluding carboxylic acids is 1. The van der Waals surface area contributed by atoms with Gasteiger partial charge in [-0.25, -0.2) is 8.78 Å². The molecule has 18 heavy (non-hydrogen) atoms. The van der Waals surface area contributed by atoms with Crippen LogP contribution in [0.2, 0.25) is 0 Å². The number of nitrogens with one attached hydrogen (secondary N) is 1. The van der Waals surface area contributed by atoms with E-state index in [0.29, 0.717) is 5.92 Å². The minimum absolute atomic E-state index is 0.143. The number of amides is 1. The van der Waals surface area contributed by atoms with Gasteiger partial charge in [-0.05, 0) is 24.7 Å². The second kappa shape index (κ2) is 5.51. The van der Waals surface area contributed by atoms with Gasteiger partial charge < -0.3 is 4.90 Å². The first-order valence-electron chi connectivity index (χ1n) is 6.85. The van der Waals surface area contributed by atoms with Crippen molar-refractivity contribution >= 4 is 5.91 Å². The number of halogens is 2. The van der Waals surface area contributed by atoms with E-state index < -0.39 is 13.0 Å². The van der Waals surface area contributed by atoms with E-state index in [-0.39, 0.29) is 24.0 Å². The third kappa shape index (κ3) is 2.66. The lowest BCUT2D eigenvalue weighted by molar-refractivity contribution is -0.133. The van der Waals surface area contributed by atoms with E-state index in [4.69, 9.17) is 0 Å². The molecule has 0 aromatic heterocycles. The standard InChI is InChI=1S/C13H22F2N2O/c1-8(2)11-13(18)17(7-10(14)15)12(16-11)9-5-3-4-6-9/h8-12,16H,3-7H2,1-2H3. The van der Waals surface area contributed by atoms with Crippen molar-refractivity contribution in [1.82, 2.24) is 10.2 Å². The van der Waals surface area contributed by atoms with Crippen LogP contribution in [0.25, 0.3) is 0 Å². The lowest BCUT2D eigenvalue weighted by Gasteiger charge is -2.28. The van der Waals surface area contributed by atoms with Gasteiger partial charge in [0.05, 0.1) is 18.8 Å². The lowest BCUT2D eigenvalue weighted by Crippen LogP contribution is -2.44. The summed E-state index contributed by atoms with van der Waals surface area (Å²) in [7, 11) is 0. The van der Waals surface area contributed by atoms with E-state index in [2.05, 4.69) is 5.32 Å². The summed E-state index contributed by atoms with van der Waals surface area (Å²) in [4.78, 5) is 13.6. The minimum atomic E-state index is -2.45. The first kappa shape index (κ1) is 13.7. The Hall–Kier alpha value is -0.710. The molecule has 5 heteroatoms. The second-order valence-corrected chi connectivity index (χ2v) is 5.76. The zero-order valence-corrected chi connectivity index (χ0v) is 11.0. The predicted molar refractivity (Wildman–Crippen MR) is 65.2 cm³/mol. The fourth-order valence-corrected chi connectivity index (χ4v) is 3.15. The summed E-state index contributed by atoms with van der Waals surface area (Å²) in [6, 6.07) is -0.297. The molecule has 2 aliphatic rings. The van der Waals surface area contributed by atoms with Crippen LogP contribution in [0, 0.1) is 11.8 Å². The Kier molecular flexibility index (Phi) is 4.20. The number of hydrogen-bond donors (Lipinski definition) is 1. The smallest absolute Gasteiger partial charge is 0.255 e. The molecule has 0 bridgehead atoms. The highest BCUT2D eigenvalue weighted by Crippen LogP contribution is 2.33. The van der Waals surface area contributed by atoms with Gasteiger partial charge in [0.1, 0.15) is 0 Å². The molecular weight excluding hydrogens is 238 g/mol. The molecule has 2 unspecified atom stereocenters. The van der Waals surface area contributed by atoms with Crippen molar-refractivity contribution in [2.75, 3.05) is 6.54 Å². The number of carbonyl (C=O) groups is 1. The molecule has 2 atom stereocenters. The van der Waals surface area contributed by atoms with E-state index in [1.54, 1.807) is 0 Å². The molecule has 1 saturated heterocycles. The van der Waals surface area contributed by atoms with E-state index in [9.17, 15) is 13.6 Å². The van der Waals surface area contributed by atoms with Crippen molar-refractivity contribution in [1.29, 1.82) is 0 Å². The third-order valence-electron chi connectivity index (χ3n) is 4.08. The molecule has 3 nitrogen and oxygen atoms in total. The van der Waals surface area contributed by atoms with Gasteiger partial charge in [0, 0.05) is 0 Å². The Labute approximate surface area is 107 Å². The molecule has 1 aliphatic heterocycles. The van der Waals surface area contributed by atoms with Crippen LogP contribution < -0.4 is 5.32 Å². The fourth-order valence-electron chi connectivity index (χ4n) is 3.15. The van der Waals surface area contributed by atoms with E-state index >= 15 is 0 Å². The summed E-state index contributed by atoms with van der Waals surface area (Å²) in [5.41, 5.74) is 0. The van der Waals surface area contributed by atoms with Crippen LogP contribution in [-0.4, -0.2) is 36.0 Å². The Morgan fingerprint density at radius 1 is 1.33 bits per heavy atom. The Morgan fingerprint density at radius 2 is 1.94 bits per heavy atom. The van der Waals surface area contributed by atoms with Crippen molar-refractivity contribution in [2.45, 2.75) is 58.2 Å². The number of alkyl halides is 2. The van der Waals surface area contributed by atoms with Crippen LogP contribution in [0.3, 0.4) is 0 Å². The summed E-state index contributed by atoms with van der Waals surface area (Å²) in [5.74, 6) is 0.336. The molecule has 0 aromatic rings. The third-order valence-corrected chi connectivity index (χ3v) is 4.08. The number of rotatable bonds is 4. The monoisotopic (exact) mass is 260 g/mol. The first-order chi connectivity index (χ1) is 8.50. The molecule has 1 N–H and O–H groups in total. The average Bonchev–Trinajstić information content (AvgIpc) is 2.87. The van der Waals surface area contributed by atoms with Gasteiger partial charge >= 0.3 is 0 Å². The van der Waals surface area contributed by atoms with Crippen molar-refractivity contribution in [3.63, 3.8) is 0 Å². The number of nitrogens with zero attached hydrogens (tertiary/aromatic N) is 1. The average molecular weight is 260 g/mol. The first-order valence-corrected chi connectivity index (χ1v) is 6.85. The Morgan fingerprint density at radius 3 is 2.44 bits per heavy atom. The number of hydrogen-bond acceptors (Lipinski definition) is 2. The molecular formula is C13H22F2N2O. The van der Waals surface area contributed by atoms with Gasteiger partial charge in [-0.3, -0.25) is 10.1 Å². The van der Waals surface area contributed by atoms with Gasteiger partial charge in [-0.15, -0.1) is 0 Å². The topological polar surface area (TPSA) is 32.3 Å². The zero-order chi connectivity index (χ0) is 13.3. The van der Waals surface area contributed by atoms with Crippen LogP contribution >= 0.6 is 0 Å². The van der Waals surface area contributed by atoms with Crippen LogP contribution in [0.4, 0.5) is 8.78 Å². The van der Waals surface area contributed by atoms with Crippen molar-refractivity contribution in [2.24, 2.45) is 11.8 Å². The maximum absolute atomic E-state index is 12.6. The molecule has 1 saturated carbocycles. The maximum Gasteiger partial charge on any atom is 0.255 e. The summed E-state index contributed by atoms with van der Waals surface area (Å²) in [5, 5.41) is 3.28. The Balaban J connectivity index is 2.12. The lowest BCUT2D eigenvalue weighted by atomic mass is 10.0. The summed E-state index contributed by atoms with van der Waals surface area (Å²) >= 11 is 0. The summed E-state index contributed by atoms with van der Waals surface area (Å²) in [6.45, 7) is 3.47. The molecule has 2 fully saturated rings. The minimum Gasteiger partial charge on any atom is -0.320 e.